The summed E-state index contributed by atoms with van der Waals surface area (Å²) in [5.74, 6) is 0.909. The fourth-order valence-electron chi connectivity index (χ4n) is 2.60. The molecule has 1 rings (SSSR count). The van der Waals surface area contributed by atoms with E-state index in [1.54, 1.807) is 7.11 Å². The van der Waals surface area contributed by atoms with Gasteiger partial charge in [0.15, 0.2) is 0 Å². The SMILES string of the molecule is CCNCC(CC)(CC)CN(C)c1ccc(OC)cc1. The Morgan fingerprint density at radius 2 is 1.70 bits per heavy atom. The fraction of sp³-hybridized carbons (Fsp3) is 0.647. The maximum atomic E-state index is 5.22. The van der Waals surface area contributed by atoms with Gasteiger partial charge in [-0.15, -0.1) is 0 Å². The lowest BCUT2D eigenvalue weighted by atomic mass is 9.81. The van der Waals surface area contributed by atoms with Crippen LogP contribution in [-0.2, 0) is 0 Å². The summed E-state index contributed by atoms with van der Waals surface area (Å²) < 4.78 is 5.22. The van der Waals surface area contributed by atoms with E-state index in [0.29, 0.717) is 5.41 Å². The van der Waals surface area contributed by atoms with Crippen LogP contribution in [0.25, 0.3) is 0 Å². The molecule has 0 aliphatic heterocycles. The van der Waals surface area contributed by atoms with Crippen LogP contribution in [0, 0.1) is 5.41 Å². The molecule has 0 aromatic heterocycles. The molecule has 0 aliphatic rings. The number of nitrogens with one attached hydrogen (secondary N) is 1. The maximum Gasteiger partial charge on any atom is 0.119 e. The highest BCUT2D eigenvalue weighted by Gasteiger charge is 2.27. The molecule has 1 N–H and O–H groups in total. The molecule has 0 heterocycles. The molecule has 0 saturated carbocycles. The van der Waals surface area contributed by atoms with Crippen molar-refractivity contribution < 1.29 is 4.74 Å². The Kier molecular flexibility index (Phi) is 6.86. The van der Waals surface area contributed by atoms with Crippen LogP contribution in [0.4, 0.5) is 5.69 Å². The zero-order valence-corrected chi connectivity index (χ0v) is 13.7. The van der Waals surface area contributed by atoms with Crippen LogP contribution >= 0.6 is 0 Å². The van der Waals surface area contributed by atoms with Crippen molar-refractivity contribution in [1.29, 1.82) is 0 Å². The van der Waals surface area contributed by atoms with Gasteiger partial charge in [-0.1, -0.05) is 20.8 Å². The number of hydrogen-bond donors (Lipinski definition) is 1. The Bertz CT molecular complexity index is 371. The molecule has 1 aromatic carbocycles. The molecule has 0 spiro atoms. The molecular weight excluding hydrogens is 248 g/mol. The second-order valence-electron chi connectivity index (χ2n) is 5.54. The average molecular weight is 278 g/mol. The molecule has 0 unspecified atom stereocenters. The van der Waals surface area contributed by atoms with Crippen molar-refractivity contribution in [2.75, 3.05) is 38.7 Å². The molecule has 0 amide bonds. The van der Waals surface area contributed by atoms with Crippen LogP contribution in [-0.4, -0.2) is 33.8 Å². The summed E-state index contributed by atoms with van der Waals surface area (Å²) in [6, 6.07) is 8.30. The number of ether oxygens (including phenoxy) is 1. The van der Waals surface area contributed by atoms with Crippen molar-refractivity contribution in [3.63, 3.8) is 0 Å². The van der Waals surface area contributed by atoms with E-state index in [-0.39, 0.29) is 0 Å². The fourth-order valence-corrected chi connectivity index (χ4v) is 2.60. The Morgan fingerprint density at radius 3 is 2.15 bits per heavy atom. The highest BCUT2D eigenvalue weighted by molar-refractivity contribution is 5.48. The van der Waals surface area contributed by atoms with Gasteiger partial charge in [0.25, 0.3) is 0 Å². The summed E-state index contributed by atoms with van der Waals surface area (Å²) in [6.45, 7) is 9.94. The second-order valence-corrected chi connectivity index (χ2v) is 5.54. The normalized spacial score (nSPS) is 11.4. The molecule has 3 heteroatoms. The number of hydrogen-bond acceptors (Lipinski definition) is 3. The molecule has 0 saturated heterocycles. The lowest BCUT2D eigenvalue weighted by molar-refractivity contribution is 0.258. The molecule has 0 bridgehead atoms. The van der Waals surface area contributed by atoms with Crippen molar-refractivity contribution in [1.82, 2.24) is 5.32 Å². The Balaban J connectivity index is 2.75. The highest BCUT2D eigenvalue weighted by Crippen LogP contribution is 2.29. The molecule has 1 aromatic rings. The smallest absolute Gasteiger partial charge is 0.119 e. The van der Waals surface area contributed by atoms with Crippen LogP contribution in [0.3, 0.4) is 0 Å². The van der Waals surface area contributed by atoms with Crippen molar-refractivity contribution in [2.45, 2.75) is 33.6 Å². The third kappa shape index (κ3) is 4.41. The van der Waals surface area contributed by atoms with Crippen LogP contribution in [0.1, 0.15) is 33.6 Å². The van der Waals surface area contributed by atoms with Gasteiger partial charge in [-0.05, 0) is 49.1 Å². The molecule has 20 heavy (non-hydrogen) atoms. The molecule has 114 valence electrons. The Hall–Kier alpha value is -1.22. The first-order valence-electron chi connectivity index (χ1n) is 7.66. The highest BCUT2D eigenvalue weighted by atomic mass is 16.5. The van der Waals surface area contributed by atoms with Gasteiger partial charge in [0.2, 0.25) is 0 Å². The quantitative estimate of drug-likeness (QED) is 0.747. The summed E-state index contributed by atoms with van der Waals surface area (Å²) in [4.78, 5) is 2.35. The van der Waals surface area contributed by atoms with E-state index >= 15 is 0 Å². The number of methoxy groups -OCH3 is 1. The minimum Gasteiger partial charge on any atom is -0.497 e. The van der Waals surface area contributed by atoms with E-state index in [1.165, 1.54) is 18.5 Å². The summed E-state index contributed by atoms with van der Waals surface area (Å²) >= 11 is 0. The first-order valence-corrected chi connectivity index (χ1v) is 7.66. The largest absolute Gasteiger partial charge is 0.497 e. The van der Waals surface area contributed by atoms with Crippen LogP contribution < -0.4 is 15.0 Å². The third-order valence-electron chi connectivity index (χ3n) is 4.34. The van der Waals surface area contributed by atoms with E-state index in [4.69, 9.17) is 4.74 Å². The van der Waals surface area contributed by atoms with Crippen molar-refractivity contribution in [2.24, 2.45) is 5.41 Å². The first-order chi connectivity index (χ1) is 9.60. The van der Waals surface area contributed by atoms with E-state index in [0.717, 1.165) is 25.4 Å². The van der Waals surface area contributed by atoms with E-state index < -0.39 is 0 Å². The lowest BCUT2D eigenvalue weighted by Gasteiger charge is -2.37. The van der Waals surface area contributed by atoms with E-state index in [9.17, 15) is 0 Å². The number of nitrogens with zero attached hydrogens (tertiary/aromatic N) is 1. The standard InChI is InChI=1S/C17H30N2O/c1-6-17(7-2,13-18-8-3)14-19(4)15-9-11-16(20-5)12-10-15/h9-12,18H,6-8,13-14H2,1-5H3. The number of rotatable bonds is 9. The Morgan fingerprint density at radius 1 is 1.10 bits per heavy atom. The minimum absolute atomic E-state index is 0.338. The minimum atomic E-state index is 0.338. The molecule has 0 fully saturated rings. The van der Waals surface area contributed by atoms with Crippen LogP contribution in [0.5, 0.6) is 5.75 Å². The van der Waals surface area contributed by atoms with Crippen molar-refractivity contribution in [3.05, 3.63) is 24.3 Å². The zero-order chi connectivity index (χ0) is 15.0. The predicted octanol–water partition coefficient (Wildman–Crippen LogP) is 3.55. The van der Waals surface area contributed by atoms with Gasteiger partial charge in [-0.2, -0.15) is 0 Å². The summed E-state index contributed by atoms with van der Waals surface area (Å²) in [7, 11) is 3.88. The summed E-state index contributed by atoms with van der Waals surface area (Å²) in [5, 5.41) is 3.52. The molecule has 0 atom stereocenters. The topological polar surface area (TPSA) is 24.5 Å². The average Bonchev–Trinajstić information content (AvgIpc) is 2.51. The van der Waals surface area contributed by atoms with Crippen molar-refractivity contribution >= 4 is 5.69 Å². The third-order valence-corrected chi connectivity index (χ3v) is 4.34. The second kappa shape index (κ2) is 8.15. The van der Waals surface area contributed by atoms with Gasteiger partial charge >= 0.3 is 0 Å². The van der Waals surface area contributed by atoms with Gasteiger partial charge in [0.1, 0.15) is 5.75 Å². The molecule has 0 aliphatic carbocycles. The van der Waals surface area contributed by atoms with Gasteiger partial charge < -0.3 is 15.0 Å². The predicted molar refractivity (Wildman–Crippen MR) is 87.8 cm³/mol. The molecule has 0 radical (unpaired) electrons. The lowest BCUT2D eigenvalue weighted by Crippen LogP contribution is -2.42. The van der Waals surface area contributed by atoms with E-state index in [2.05, 4.69) is 50.2 Å². The summed E-state index contributed by atoms with van der Waals surface area (Å²) in [6.07, 6.45) is 2.38. The molecular formula is C17H30N2O. The number of anilines is 1. The van der Waals surface area contributed by atoms with Gasteiger partial charge in [0.05, 0.1) is 7.11 Å². The van der Waals surface area contributed by atoms with Gasteiger partial charge in [0, 0.05) is 25.8 Å². The maximum absolute atomic E-state index is 5.22. The van der Waals surface area contributed by atoms with Crippen LogP contribution in [0.2, 0.25) is 0 Å². The monoisotopic (exact) mass is 278 g/mol. The zero-order valence-electron chi connectivity index (χ0n) is 13.7. The van der Waals surface area contributed by atoms with Gasteiger partial charge in [-0.25, -0.2) is 0 Å². The number of benzene rings is 1. The first kappa shape index (κ1) is 16.8. The van der Waals surface area contributed by atoms with Gasteiger partial charge in [-0.3, -0.25) is 0 Å². The molecule has 3 nitrogen and oxygen atoms in total. The van der Waals surface area contributed by atoms with Crippen molar-refractivity contribution in [3.8, 4) is 5.75 Å². The Labute approximate surface area is 124 Å². The van der Waals surface area contributed by atoms with E-state index in [1.807, 2.05) is 12.1 Å². The van der Waals surface area contributed by atoms with Crippen LogP contribution in [0.15, 0.2) is 24.3 Å². The summed E-state index contributed by atoms with van der Waals surface area (Å²) in [5.41, 5.74) is 1.58.